The molecular formula is C22H27F2N5O2. The number of hydrogen-bond acceptors (Lipinski definition) is 5. The fraction of sp³-hybridized carbons (Fsp3) is 0.682. The highest BCUT2D eigenvalue weighted by Crippen LogP contribution is 2.71. The summed E-state index contributed by atoms with van der Waals surface area (Å²) in [6, 6.07) is 1.39. The highest BCUT2D eigenvalue weighted by molar-refractivity contribution is 5.99. The SMILES string of the molecule is CC1(C)[C@@]2(C(=O)N3CCC[C@H](c4cc(C(F)F)n5ncnc5n4)C3)CC[C@]1(C)C(=O)C2. The molecule has 2 saturated carbocycles. The molecule has 3 fully saturated rings. The van der Waals surface area contributed by atoms with Crippen LogP contribution in [-0.2, 0) is 9.59 Å². The first-order chi connectivity index (χ1) is 14.6. The lowest BCUT2D eigenvalue weighted by Gasteiger charge is -2.43. The number of Topliss-reactive ketones (excluding diaryl/α,β-unsaturated/α-hetero) is 1. The van der Waals surface area contributed by atoms with Crippen LogP contribution in [0.25, 0.3) is 5.78 Å². The average molecular weight is 431 g/mol. The van der Waals surface area contributed by atoms with Crippen molar-refractivity contribution in [1.29, 1.82) is 0 Å². The van der Waals surface area contributed by atoms with Gasteiger partial charge in [0.1, 0.15) is 17.8 Å². The van der Waals surface area contributed by atoms with Crippen LogP contribution in [-0.4, -0.2) is 49.3 Å². The predicted molar refractivity (Wildman–Crippen MR) is 107 cm³/mol. The zero-order valence-electron chi connectivity index (χ0n) is 18.1. The lowest BCUT2D eigenvalue weighted by molar-refractivity contribution is -0.149. The van der Waals surface area contributed by atoms with E-state index in [0.717, 1.165) is 30.2 Å². The van der Waals surface area contributed by atoms with Crippen LogP contribution in [0.15, 0.2) is 12.4 Å². The van der Waals surface area contributed by atoms with Gasteiger partial charge < -0.3 is 4.90 Å². The van der Waals surface area contributed by atoms with Gasteiger partial charge in [-0.3, -0.25) is 9.59 Å². The van der Waals surface area contributed by atoms with E-state index in [1.165, 1.54) is 12.4 Å². The minimum Gasteiger partial charge on any atom is -0.342 e. The average Bonchev–Trinajstić information content (AvgIpc) is 3.34. The molecule has 1 saturated heterocycles. The number of rotatable bonds is 3. The molecule has 5 rings (SSSR count). The molecule has 2 aromatic heterocycles. The topological polar surface area (TPSA) is 80.5 Å². The van der Waals surface area contributed by atoms with Gasteiger partial charge in [-0.15, -0.1) is 0 Å². The molecule has 7 nitrogen and oxygen atoms in total. The molecule has 0 aromatic carbocycles. The molecule has 3 atom stereocenters. The maximum atomic E-state index is 13.8. The van der Waals surface area contributed by atoms with Gasteiger partial charge >= 0.3 is 0 Å². The summed E-state index contributed by atoms with van der Waals surface area (Å²) in [4.78, 5) is 36.9. The first-order valence-electron chi connectivity index (χ1n) is 10.9. The fourth-order valence-electron chi connectivity index (χ4n) is 6.26. The van der Waals surface area contributed by atoms with Crippen LogP contribution in [0.5, 0.6) is 0 Å². The smallest absolute Gasteiger partial charge is 0.280 e. The second kappa shape index (κ2) is 6.53. The minimum atomic E-state index is -2.70. The first-order valence-corrected chi connectivity index (χ1v) is 10.9. The number of hydrogen-bond donors (Lipinski definition) is 0. The van der Waals surface area contributed by atoms with E-state index in [0.29, 0.717) is 25.2 Å². The molecule has 0 unspecified atom stereocenters. The predicted octanol–water partition coefficient (Wildman–Crippen LogP) is 3.55. The summed E-state index contributed by atoms with van der Waals surface area (Å²) >= 11 is 0. The van der Waals surface area contributed by atoms with Crippen molar-refractivity contribution in [2.24, 2.45) is 16.2 Å². The molecule has 0 spiro atoms. The lowest BCUT2D eigenvalue weighted by Crippen LogP contribution is -2.51. The van der Waals surface area contributed by atoms with Crippen LogP contribution in [0.3, 0.4) is 0 Å². The molecule has 3 aliphatic rings. The molecular weight excluding hydrogens is 404 g/mol. The lowest BCUT2D eigenvalue weighted by atomic mass is 9.64. The Bertz CT molecular complexity index is 1080. The van der Waals surface area contributed by atoms with Crippen LogP contribution in [0.2, 0.25) is 0 Å². The molecule has 2 aliphatic carbocycles. The third kappa shape index (κ3) is 2.58. The summed E-state index contributed by atoms with van der Waals surface area (Å²) in [6.45, 7) is 7.15. The number of ketones is 1. The van der Waals surface area contributed by atoms with E-state index in [1.807, 2.05) is 11.8 Å². The molecule has 0 N–H and O–H groups in total. The number of aromatic nitrogens is 4. The maximum Gasteiger partial charge on any atom is 0.280 e. The quantitative estimate of drug-likeness (QED) is 0.743. The number of carbonyl (C=O) groups excluding carboxylic acids is 2. The Morgan fingerprint density at radius 3 is 2.68 bits per heavy atom. The highest BCUT2D eigenvalue weighted by atomic mass is 19.3. The van der Waals surface area contributed by atoms with Crippen LogP contribution in [0.4, 0.5) is 8.78 Å². The van der Waals surface area contributed by atoms with Gasteiger partial charge in [0.2, 0.25) is 5.91 Å². The second-order valence-corrected chi connectivity index (χ2v) is 10.1. The summed E-state index contributed by atoms with van der Waals surface area (Å²) in [7, 11) is 0. The van der Waals surface area contributed by atoms with Crippen LogP contribution >= 0.6 is 0 Å². The first kappa shape index (κ1) is 20.5. The third-order valence-corrected chi connectivity index (χ3v) is 8.76. The Hall–Kier alpha value is -2.45. The van der Waals surface area contributed by atoms with Gasteiger partial charge in [-0.2, -0.15) is 14.6 Å². The van der Waals surface area contributed by atoms with E-state index in [1.54, 1.807) is 0 Å². The Morgan fingerprint density at radius 1 is 1.26 bits per heavy atom. The van der Waals surface area contributed by atoms with Crippen molar-refractivity contribution in [3.63, 3.8) is 0 Å². The van der Waals surface area contributed by atoms with Crippen molar-refractivity contribution in [1.82, 2.24) is 24.5 Å². The summed E-state index contributed by atoms with van der Waals surface area (Å²) in [5.74, 6) is 0.214. The number of likely N-dealkylation sites (tertiary alicyclic amines) is 1. The number of piperidine rings is 1. The summed E-state index contributed by atoms with van der Waals surface area (Å²) in [6.07, 6.45) is 1.80. The molecule has 31 heavy (non-hydrogen) atoms. The molecule has 1 aliphatic heterocycles. The molecule has 166 valence electrons. The largest absolute Gasteiger partial charge is 0.342 e. The van der Waals surface area contributed by atoms with Crippen molar-refractivity contribution in [3.05, 3.63) is 23.8 Å². The van der Waals surface area contributed by atoms with Crippen LogP contribution in [0.1, 0.15) is 76.6 Å². The van der Waals surface area contributed by atoms with E-state index in [2.05, 4.69) is 28.9 Å². The zero-order chi connectivity index (χ0) is 22.2. The zero-order valence-corrected chi connectivity index (χ0v) is 18.1. The Morgan fingerprint density at radius 2 is 2.03 bits per heavy atom. The van der Waals surface area contributed by atoms with E-state index >= 15 is 0 Å². The minimum absolute atomic E-state index is 0.0365. The summed E-state index contributed by atoms with van der Waals surface area (Å²) < 4.78 is 28.2. The van der Waals surface area contributed by atoms with Gasteiger partial charge in [0, 0.05) is 30.8 Å². The highest BCUT2D eigenvalue weighted by Gasteiger charge is 2.73. The second-order valence-electron chi connectivity index (χ2n) is 10.1. The standard InChI is InChI=1S/C22H27F2N5O2/c1-20(2)21(3)6-7-22(20,10-16(21)30)18(31)28-8-4-5-13(11-28)14-9-15(17(23)24)29-19(27-14)25-12-26-29/h9,12-13,17H,4-8,10-11H2,1-3H3/t13-,21+,22-/m0/s1. The number of carbonyl (C=O) groups is 2. The normalized spacial score (nSPS) is 32.4. The van der Waals surface area contributed by atoms with Gasteiger partial charge in [0.05, 0.1) is 11.1 Å². The molecule has 9 heteroatoms. The Labute approximate surface area is 179 Å². The van der Waals surface area contributed by atoms with E-state index in [-0.39, 0.29) is 29.1 Å². The van der Waals surface area contributed by atoms with Gasteiger partial charge in [0.25, 0.3) is 12.2 Å². The van der Waals surface area contributed by atoms with Gasteiger partial charge in [-0.05, 0) is 37.2 Å². The number of nitrogens with zero attached hydrogens (tertiary/aromatic N) is 5. The van der Waals surface area contributed by atoms with Crippen molar-refractivity contribution in [2.75, 3.05) is 13.1 Å². The molecule has 2 aromatic rings. The number of halogens is 2. The number of amides is 1. The number of alkyl halides is 2. The Balaban J connectivity index is 1.45. The van der Waals surface area contributed by atoms with Crippen molar-refractivity contribution < 1.29 is 18.4 Å². The summed E-state index contributed by atoms with van der Waals surface area (Å²) in [5, 5.41) is 3.84. The molecule has 1 amide bonds. The number of fused-ring (bicyclic) bond motifs is 3. The van der Waals surface area contributed by atoms with Gasteiger partial charge in [-0.25, -0.2) is 13.8 Å². The van der Waals surface area contributed by atoms with Crippen molar-refractivity contribution >= 4 is 17.5 Å². The third-order valence-electron chi connectivity index (χ3n) is 8.76. The van der Waals surface area contributed by atoms with Crippen LogP contribution in [0, 0.1) is 16.2 Å². The Kier molecular flexibility index (Phi) is 4.31. The van der Waals surface area contributed by atoms with E-state index in [9.17, 15) is 18.4 Å². The fourth-order valence-corrected chi connectivity index (χ4v) is 6.26. The van der Waals surface area contributed by atoms with Crippen molar-refractivity contribution in [3.8, 4) is 0 Å². The molecule has 3 heterocycles. The van der Waals surface area contributed by atoms with Crippen LogP contribution < -0.4 is 0 Å². The van der Waals surface area contributed by atoms with Gasteiger partial charge in [0.15, 0.2) is 0 Å². The van der Waals surface area contributed by atoms with E-state index in [4.69, 9.17) is 0 Å². The molecule has 2 bridgehead atoms. The van der Waals surface area contributed by atoms with Crippen molar-refractivity contribution in [2.45, 2.75) is 65.2 Å². The molecule has 0 radical (unpaired) electrons. The monoisotopic (exact) mass is 431 g/mol. The summed E-state index contributed by atoms with van der Waals surface area (Å²) in [5.41, 5.74) is -1.25. The van der Waals surface area contributed by atoms with E-state index < -0.39 is 22.7 Å². The van der Waals surface area contributed by atoms with Gasteiger partial charge in [-0.1, -0.05) is 20.8 Å². The maximum absolute atomic E-state index is 13.8.